The summed E-state index contributed by atoms with van der Waals surface area (Å²) in [7, 11) is 2.16. The number of aromatic hydroxyl groups is 1. The molecule has 5 heteroatoms. The molecule has 2 aliphatic heterocycles. The van der Waals surface area contributed by atoms with E-state index in [0.29, 0.717) is 17.7 Å². The molecule has 2 heterocycles. The van der Waals surface area contributed by atoms with Gasteiger partial charge in [0.15, 0.2) is 0 Å². The van der Waals surface area contributed by atoms with Crippen molar-refractivity contribution >= 4 is 6.03 Å². The second-order valence-electron chi connectivity index (χ2n) is 7.96. The van der Waals surface area contributed by atoms with Crippen LogP contribution in [0.4, 0.5) is 4.79 Å². The van der Waals surface area contributed by atoms with Crippen molar-refractivity contribution in [3.63, 3.8) is 0 Å². The smallest absolute Gasteiger partial charge is 0.317 e. The highest BCUT2D eigenvalue weighted by Crippen LogP contribution is 2.55. The highest BCUT2D eigenvalue weighted by Gasteiger charge is 2.57. The maximum absolute atomic E-state index is 12.4. The third-order valence-electron chi connectivity index (χ3n) is 6.24. The zero-order chi connectivity index (χ0) is 16.7. The number of hydrogen-bond acceptors (Lipinski definition) is 3. The van der Waals surface area contributed by atoms with Crippen molar-refractivity contribution in [2.24, 2.45) is 11.3 Å². The molecule has 1 aromatic carbocycles. The number of phenolic OH excluding ortho intramolecular Hbond substituents is 1. The van der Waals surface area contributed by atoms with E-state index in [1.54, 1.807) is 12.1 Å². The maximum Gasteiger partial charge on any atom is 0.317 e. The Morgan fingerprint density at radius 3 is 2.67 bits per heavy atom. The molecule has 0 aromatic heterocycles. The zero-order valence-electron chi connectivity index (χ0n) is 14.4. The number of likely N-dealkylation sites (tertiary alicyclic amines) is 1. The Bertz CT molecular complexity index is 610. The number of urea groups is 1. The van der Waals surface area contributed by atoms with E-state index in [1.165, 1.54) is 12.0 Å². The van der Waals surface area contributed by atoms with Gasteiger partial charge in [0.25, 0.3) is 0 Å². The van der Waals surface area contributed by atoms with Crippen LogP contribution in [0.5, 0.6) is 5.75 Å². The van der Waals surface area contributed by atoms with E-state index in [4.69, 9.17) is 0 Å². The molecule has 5 nitrogen and oxygen atoms in total. The van der Waals surface area contributed by atoms with E-state index >= 15 is 0 Å². The van der Waals surface area contributed by atoms with Crippen molar-refractivity contribution in [1.29, 1.82) is 0 Å². The lowest BCUT2D eigenvalue weighted by Crippen LogP contribution is -2.58. The topological polar surface area (TPSA) is 55.8 Å². The Balaban J connectivity index is 1.40. The minimum atomic E-state index is 0.130. The summed E-state index contributed by atoms with van der Waals surface area (Å²) in [6, 6.07) is 8.07. The Kier molecular flexibility index (Phi) is 3.91. The van der Waals surface area contributed by atoms with E-state index in [9.17, 15) is 9.90 Å². The fourth-order valence-corrected chi connectivity index (χ4v) is 4.47. The standard InChI is InChI=1S/C19H27N3O2/c1-21-8-6-16(7-9-21)22-13-19(12-20-18(22)24)11-15(19)10-14-2-4-17(23)5-3-14/h2-5,15-16,23H,6-13H2,1H3,(H,20,24). The van der Waals surface area contributed by atoms with Crippen LogP contribution in [0.25, 0.3) is 0 Å². The molecular formula is C19H27N3O2. The number of rotatable bonds is 3. The number of hydrogen-bond donors (Lipinski definition) is 2. The molecule has 2 atom stereocenters. The number of piperidine rings is 1. The fraction of sp³-hybridized carbons (Fsp3) is 0.632. The van der Waals surface area contributed by atoms with Crippen LogP contribution >= 0.6 is 0 Å². The zero-order valence-corrected chi connectivity index (χ0v) is 14.4. The van der Waals surface area contributed by atoms with Gasteiger partial charge in [0.1, 0.15) is 5.75 Å². The molecule has 0 bridgehead atoms. The van der Waals surface area contributed by atoms with Gasteiger partial charge >= 0.3 is 6.03 Å². The second-order valence-corrected chi connectivity index (χ2v) is 7.96. The van der Waals surface area contributed by atoms with Crippen LogP contribution in [0.3, 0.4) is 0 Å². The molecule has 2 N–H and O–H groups in total. The predicted octanol–water partition coefficient (Wildman–Crippen LogP) is 2.06. The number of benzene rings is 1. The molecule has 1 spiro atoms. The van der Waals surface area contributed by atoms with Gasteiger partial charge in [0, 0.05) is 24.5 Å². The fourth-order valence-electron chi connectivity index (χ4n) is 4.47. The third-order valence-corrected chi connectivity index (χ3v) is 6.24. The minimum Gasteiger partial charge on any atom is -0.508 e. The van der Waals surface area contributed by atoms with E-state index in [1.807, 2.05) is 12.1 Å². The summed E-state index contributed by atoms with van der Waals surface area (Å²) in [6.45, 7) is 3.89. The van der Waals surface area contributed by atoms with Gasteiger partial charge in [0.05, 0.1) is 0 Å². The highest BCUT2D eigenvalue weighted by molar-refractivity contribution is 5.76. The maximum atomic E-state index is 12.4. The van der Waals surface area contributed by atoms with Gasteiger partial charge in [0.2, 0.25) is 0 Å². The van der Waals surface area contributed by atoms with E-state index in [0.717, 1.165) is 45.4 Å². The first-order chi connectivity index (χ1) is 11.6. The normalized spacial score (nSPS) is 31.3. The molecule has 2 amide bonds. The SMILES string of the molecule is CN1CCC(N2CC3(CNC2=O)CC3Cc2ccc(O)cc2)CC1. The van der Waals surface area contributed by atoms with Crippen LogP contribution in [0, 0.1) is 11.3 Å². The van der Waals surface area contributed by atoms with E-state index < -0.39 is 0 Å². The van der Waals surface area contributed by atoms with Gasteiger partial charge in [-0.2, -0.15) is 0 Å². The molecule has 1 saturated carbocycles. The van der Waals surface area contributed by atoms with Crippen LogP contribution in [-0.4, -0.2) is 60.2 Å². The molecule has 130 valence electrons. The van der Waals surface area contributed by atoms with Crippen LogP contribution in [0.15, 0.2) is 24.3 Å². The molecule has 3 fully saturated rings. The summed E-state index contributed by atoms with van der Waals surface area (Å²) in [5, 5.41) is 12.6. The average Bonchev–Trinajstić information content (AvgIpc) is 3.25. The molecule has 2 saturated heterocycles. The van der Waals surface area contributed by atoms with Crippen LogP contribution < -0.4 is 5.32 Å². The third kappa shape index (κ3) is 2.97. The van der Waals surface area contributed by atoms with E-state index in [-0.39, 0.29) is 11.4 Å². The first-order valence-corrected chi connectivity index (χ1v) is 9.07. The van der Waals surface area contributed by atoms with Crippen molar-refractivity contribution in [2.75, 3.05) is 33.2 Å². The monoisotopic (exact) mass is 329 g/mol. The lowest BCUT2D eigenvalue weighted by atomic mass is 9.94. The summed E-state index contributed by atoms with van der Waals surface area (Å²) in [5.74, 6) is 0.957. The Morgan fingerprint density at radius 1 is 1.25 bits per heavy atom. The average molecular weight is 329 g/mol. The molecular weight excluding hydrogens is 302 g/mol. The summed E-state index contributed by atoms with van der Waals surface area (Å²) in [6.07, 6.45) is 4.40. The Hall–Kier alpha value is -1.75. The molecule has 2 unspecified atom stereocenters. The summed E-state index contributed by atoms with van der Waals surface area (Å²) in [4.78, 5) is 16.8. The number of nitrogens with one attached hydrogen (secondary N) is 1. The van der Waals surface area contributed by atoms with Crippen LogP contribution in [0.2, 0.25) is 0 Å². The number of carbonyl (C=O) groups is 1. The summed E-state index contributed by atoms with van der Waals surface area (Å²) in [5.41, 5.74) is 1.53. The van der Waals surface area contributed by atoms with Gasteiger partial charge in [-0.05, 0) is 69.4 Å². The molecule has 0 radical (unpaired) electrons. The first-order valence-electron chi connectivity index (χ1n) is 9.07. The Morgan fingerprint density at radius 2 is 1.96 bits per heavy atom. The quantitative estimate of drug-likeness (QED) is 0.892. The second kappa shape index (κ2) is 5.96. The van der Waals surface area contributed by atoms with Gasteiger partial charge in [-0.15, -0.1) is 0 Å². The predicted molar refractivity (Wildman–Crippen MR) is 93.0 cm³/mol. The van der Waals surface area contributed by atoms with Crippen LogP contribution in [0.1, 0.15) is 24.8 Å². The summed E-state index contributed by atoms with van der Waals surface area (Å²) < 4.78 is 0. The molecule has 24 heavy (non-hydrogen) atoms. The highest BCUT2D eigenvalue weighted by atomic mass is 16.3. The van der Waals surface area contributed by atoms with Crippen molar-refractivity contribution in [3.8, 4) is 5.75 Å². The van der Waals surface area contributed by atoms with Gasteiger partial charge < -0.3 is 20.2 Å². The largest absolute Gasteiger partial charge is 0.508 e. The van der Waals surface area contributed by atoms with Crippen molar-refractivity contribution in [3.05, 3.63) is 29.8 Å². The molecule has 1 aromatic rings. The van der Waals surface area contributed by atoms with Crippen LogP contribution in [-0.2, 0) is 6.42 Å². The lowest BCUT2D eigenvalue weighted by Gasteiger charge is -2.42. The van der Waals surface area contributed by atoms with Gasteiger partial charge in [-0.25, -0.2) is 4.79 Å². The number of nitrogens with zero attached hydrogens (tertiary/aromatic N) is 2. The van der Waals surface area contributed by atoms with Crippen molar-refractivity contribution < 1.29 is 9.90 Å². The number of carbonyl (C=O) groups excluding carboxylic acids is 1. The lowest BCUT2D eigenvalue weighted by molar-refractivity contribution is 0.0958. The first kappa shape index (κ1) is 15.8. The molecule has 3 aliphatic rings. The van der Waals surface area contributed by atoms with Gasteiger partial charge in [-0.1, -0.05) is 12.1 Å². The van der Waals surface area contributed by atoms with Gasteiger partial charge in [-0.3, -0.25) is 0 Å². The van der Waals surface area contributed by atoms with Crippen molar-refractivity contribution in [2.45, 2.75) is 31.7 Å². The molecule has 1 aliphatic carbocycles. The Labute approximate surface area is 143 Å². The van der Waals surface area contributed by atoms with E-state index in [2.05, 4.69) is 22.2 Å². The number of amides is 2. The minimum absolute atomic E-state index is 0.130. The summed E-state index contributed by atoms with van der Waals surface area (Å²) >= 11 is 0. The van der Waals surface area contributed by atoms with Crippen molar-refractivity contribution in [1.82, 2.24) is 15.1 Å². The number of phenols is 1. The molecule has 4 rings (SSSR count).